The summed E-state index contributed by atoms with van der Waals surface area (Å²) in [6, 6.07) is 5.93. The molecule has 2 saturated carbocycles. The molecule has 2 fully saturated rings. The SMILES string of the molecule is COc1cccc2c1[C@@H]1[C@H]3CC[C@H](C3)[C@@H]1C2=O. The second kappa shape index (κ2) is 3.12. The standard InChI is InChI=1S/C15H16O2/c1-17-11-4-2-3-10-14(11)12-8-5-6-9(7-8)13(12)15(10)16/h2-4,8-9,12-13H,5-7H2,1H3/t8-,9+,12+,13-/m0/s1. The van der Waals surface area contributed by atoms with Gasteiger partial charge < -0.3 is 4.74 Å². The quantitative estimate of drug-likeness (QED) is 0.738. The number of Topliss-reactive ketones (excluding diaryl/α,β-unsaturated/α-hetero) is 1. The Kier molecular flexibility index (Phi) is 1.78. The van der Waals surface area contributed by atoms with Gasteiger partial charge in [-0.1, -0.05) is 12.1 Å². The number of ketones is 1. The molecule has 0 N–H and O–H groups in total. The summed E-state index contributed by atoms with van der Waals surface area (Å²) in [7, 11) is 1.71. The Hall–Kier alpha value is -1.31. The van der Waals surface area contributed by atoms with Crippen molar-refractivity contribution in [2.75, 3.05) is 7.11 Å². The van der Waals surface area contributed by atoms with E-state index in [0.29, 0.717) is 17.6 Å². The van der Waals surface area contributed by atoms with Crippen molar-refractivity contribution in [2.24, 2.45) is 17.8 Å². The van der Waals surface area contributed by atoms with Crippen molar-refractivity contribution in [1.29, 1.82) is 0 Å². The maximum absolute atomic E-state index is 12.5. The van der Waals surface area contributed by atoms with E-state index in [1.54, 1.807) is 7.11 Å². The average Bonchev–Trinajstić information content (AvgIpc) is 3.02. The normalized spacial score (nSPS) is 37.1. The highest BCUT2D eigenvalue weighted by molar-refractivity contribution is 6.04. The Bertz CT molecular complexity index is 506. The van der Waals surface area contributed by atoms with Crippen LogP contribution in [0.2, 0.25) is 0 Å². The second-order valence-corrected chi connectivity index (χ2v) is 5.67. The van der Waals surface area contributed by atoms with Crippen LogP contribution in [-0.2, 0) is 0 Å². The molecular formula is C15H16O2. The lowest BCUT2D eigenvalue weighted by atomic mass is 9.79. The van der Waals surface area contributed by atoms with Gasteiger partial charge in [-0.15, -0.1) is 0 Å². The lowest BCUT2D eigenvalue weighted by Crippen LogP contribution is -2.20. The predicted molar refractivity (Wildman–Crippen MR) is 64.4 cm³/mol. The van der Waals surface area contributed by atoms with Crippen LogP contribution in [0.5, 0.6) is 5.75 Å². The Morgan fingerprint density at radius 1 is 1.18 bits per heavy atom. The molecule has 0 unspecified atom stereocenters. The van der Waals surface area contributed by atoms with Gasteiger partial charge in [0.05, 0.1) is 7.11 Å². The Morgan fingerprint density at radius 3 is 2.71 bits per heavy atom. The van der Waals surface area contributed by atoms with Gasteiger partial charge in [0.1, 0.15) is 5.75 Å². The molecule has 4 rings (SSSR count). The second-order valence-electron chi connectivity index (χ2n) is 5.67. The largest absolute Gasteiger partial charge is 0.496 e. The van der Waals surface area contributed by atoms with Gasteiger partial charge in [-0.05, 0) is 37.2 Å². The molecule has 0 heterocycles. The van der Waals surface area contributed by atoms with Crippen molar-refractivity contribution in [3.8, 4) is 5.75 Å². The van der Waals surface area contributed by atoms with Gasteiger partial charge in [-0.2, -0.15) is 0 Å². The van der Waals surface area contributed by atoms with Gasteiger partial charge in [-0.25, -0.2) is 0 Å². The van der Waals surface area contributed by atoms with E-state index in [0.717, 1.165) is 17.2 Å². The number of benzene rings is 1. The lowest BCUT2D eigenvalue weighted by molar-refractivity contribution is 0.0883. The van der Waals surface area contributed by atoms with Gasteiger partial charge in [0.15, 0.2) is 5.78 Å². The number of hydrogen-bond acceptors (Lipinski definition) is 2. The van der Waals surface area contributed by atoms with Crippen molar-refractivity contribution in [1.82, 2.24) is 0 Å². The summed E-state index contributed by atoms with van der Waals surface area (Å²) in [5.74, 6) is 3.43. The van der Waals surface area contributed by atoms with Gasteiger partial charge in [-0.3, -0.25) is 4.79 Å². The topological polar surface area (TPSA) is 26.3 Å². The van der Waals surface area contributed by atoms with Gasteiger partial charge in [0, 0.05) is 23.0 Å². The monoisotopic (exact) mass is 228 g/mol. The number of ether oxygens (including phenoxy) is 1. The molecule has 88 valence electrons. The highest BCUT2D eigenvalue weighted by Crippen LogP contribution is 2.62. The zero-order valence-corrected chi connectivity index (χ0v) is 9.98. The molecule has 0 radical (unpaired) electrons. The predicted octanol–water partition coefficient (Wildman–Crippen LogP) is 3.02. The summed E-state index contributed by atoms with van der Waals surface area (Å²) in [4.78, 5) is 12.5. The fraction of sp³-hybridized carbons (Fsp3) is 0.533. The number of carbonyl (C=O) groups is 1. The minimum absolute atomic E-state index is 0.278. The van der Waals surface area contributed by atoms with Crippen LogP contribution in [-0.4, -0.2) is 12.9 Å². The molecule has 2 bridgehead atoms. The van der Waals surface area contributed by atoms with Crippen molar-refractivity contribution < 1.29 is 9.53 Å². The summed E-state index contributed by atoms with van der Waals surface area (Å²) in [5.41, 5.74) is 2.16. The molecule has 3 aliphatic rings. The Balaban J connectivity index is 1.93. The molecule has 2 heteroatoms. The van der Waals surface area contributed by atoms with Gasteiger partial charge in [0.25, 0.3) is 0 Å². The summed E-state index contributed by atoms with van der Waals surface area (Å²) < 4.78 is 5.47. The maximum Gasteiger partial charge on any atom is 0.167 e. The summed E-state index contributed by atoms with van der Waals surface area (Å²) in [6.07, 6.45) is 3.82. The molecule has 4 atom stereocenters. The van der Waals surface area contributed by atoms with Gasteiger partial charge in [0.2, 0.25) is 0 Å². The molecule has 0 amide bonds. The minimum Gasteiger partial charge on any atom is -0.496 e. The third-order valence-corrected chi connectivity index (χ3v) is 5.10. The third kappa shape index (κ3) is 1.04. The smallest absolute Gasteiger partial charge is 0.167 e. The molecule has 3 aliphatic carbocycles. The number of carbonyl (C=O) groups excluding carboxylic acids is 1. The van der Waals surface area contributed by atoms with Crippen molar-refractivity contribution in [3.63, 3.8) is 0 Å². The molecule has 0 saturated heterocycles. The van der Waals surface area contributed by atoms with E-state index in [2.05, 4.69) is 0 Å². The molecule has 1 aromatic rings. The Labute approximate surface area is 101 Å². The molecular weight excluding hydrogens is 212 g/mol. The van der Waals surface area contributed by atoms with Crippen molar-refractivity contribution in [2.45, 2.75) is 25.2 Å². The summed E-state index contributed by atoms with van der Waals surface area (Å²) in [5, 5.41) is 0. The van der Waals surface area contributed by atoms with Crippen LogP contribution in [0.4, 0.5) is 0 Å². The highest BCUT2D eigenvalue weighted by atomic mass is 16.5. The first-order valence-electron chi connectivity index (χ1n) is 6.52. The van der Waals surface area contributed by atoms with Crippen molar-refractivity contribution in [3.05, 3.63) is 29.3 Å². The van der Waals surface area contributed by atoms with Crippen LogP contribution in [0.1, 0.15) is 41.1 Å². The maximum atomic E-state index is 12.5. The fourth-order valence-electron chi connectivity index (χ4n) is 4.54. The third-order valence-electron chi connectivity index (χ3n) is 5.10. The van der Waals surface area contributed by atoms with Crippen LogP contribution in [0.25, 0.3) is 0 Å². The van der Waals surface area contributed by atoms with E-state index in [-0.39, 0.29) is 5.92 Å². The van der Waals surface area contributed by atoms with Crippen LogP contribution in [0, 0.1) is 17.8 Å². The highest BCUT2D eigenvalue weighted by Gasteiger charge is 2.56. The first-order valence-corrected chi connectivity index (χ1v) is 6.52. The minimum atomic E-state index is 0.278. The van der Waals surface area contributed by atoms with E-state index in [9.17, 15) is 4.79 Å². The first kappa shape index (κ1) is 9.69. The Morgan fingerprint density at radius 2 is 1.94 bits per heavy atom. The number of methoxy groups -OCH3 is 1. The zero-order valence-electron chi connectivity index (χ0n) is 9.98. The molecule has 1 aromatic carbocycles. The van der Waals surface area contributed by atoms with E-state index in [4.69, 9.17) is 4.74 Å². The zero-order chi connectivity index (χ0) is 11.6. The summed E-state index contributed by atoms with van der Waals surface area (Å²) >= 11 is 0. The van der Waals surface area contributed by atoms with Crippen molar-refractivity contribution >= 4 is 5.78 Å². The average molecular weight is 228 g/mol. The lowest BCUT2D eigenvalue weighted by Gasteiger charge is -2.24. The van der Waals surface area contributed by atoms with Gasteiger partial charge >= 0.3 is 0 Å². The number of rotatable bonds is 1. The molecule has 0 aromatic heterocycles. The van der Waals surface area contributed by atoms with E-state index in [1.807, 2.05) is 18.2 Å². The molecule has 0 spiro atoms. The van der Waals surface area contributed by atoms with Crippen LogP contribution >= 0.6 is 0 Å². The summed E-state index contributed by atoms with van der Waals surface area (Å²) in [6.45, 7) is 0. The van der Waals surface area contributed by atoms with E-state index in [1.165, 1.54) is 24.8 Å². The van der Waals surface area contributed by atoms with E-state index < -0.39 is 0 Å². The molecule has 0 aliphatic heterocycles. The van der Waals surface area contributed by atoms with Crippen LogP contribution in [0.15, 0.2) is 18.2 Å². The van der Waals surface area contributed by atoms with Crippen LogP contribution < -0.4 is 4.74 Å². The molecule has 2 nitrogen and oxygen atoms in total. The molecule has 17 heavy (non-hydrogen) atoms. The van der Waals surface area contributed by atoms with Crippen LogP contribution in [0.3, 0.4) is 0 Å². The number of hydrogen-bond donors (Lipinski definition) is 0. The first-order chi connectivity index (χ1) is 8.31. The fourth-order valence-corrected chi connectivity index (χ4v) is 4.54. The number of fused-ring (bicyclic) bond motifs is 7. The van der Waals surface area contributed by atoms with E-state index >= 15 is 0 Å².